The highest BCUT2D eigenvalue weighted by Gasteiger charge is 2.17. The number of aryl methyl sites for hydroxylation is 1. The number of nitrogens with zero attached hydrogens (tertiary/aromatic N) is 1. The Morgan fingerprint density at radius 3 is 2.76 bits per heavy atom. The molecule has 1 atom stereocenters. The first-order valence-electron chi connectivity index (χ1n) is 6.64. The van der Waals surface area contributed by atoms with Crippen LogP contribution in [0.2, 0.25) is 0 Å². The predicted molar refractivity (Wildman–Crippen MR) is 85.0 cm³/mol. The molecule has 1 heterocycles. The van der Waals surface area contributed by atoms with Crippen LogP contribution in [-0.4, -0.2) is 12.1 Å². The van der Waals surface area contributed by atoms with E-state index in [1.807, 2.05) is 13.8 Å². The molecule has 2 N–H and O–H groups in total. The maximum atomic E-state index is 14.1. The summed E-state index contributed by atoms with van der Waals surface area (Å²) in [5, 5.41) is 0. The summed E-state index contributed by atoms with van der Waals surface area (Å²) < 4.78 is 19.9. The van der Waals surface area contributed by atoms with Crippen LogP contribution in [0.1, 0.15) is 28.4 Å². The standard InChI is InChI=1S/C16H18BrFN2O/c1-9-8-20-14(10(2)16(9)21-3)7-13(19)11-5-4-6-12(17)15(11)18/h4-6,8,13H,7,19H2,1-3H3. The average molecular weight is 353 g/mol. The van der Waals surface area contributed by atoms with E-state index in [1.165, 1.54) is 0 Å². The normalized spacial score (nSPS) is 12.3. The second kappa shape index (κ2) is 6.54. The predicted octanol–water partition coefficient (Wildman–Crippen LogP) is 3.85. The molecule has 1 unspecified atom stereocenters. The van der Waals surface area contributed by atoms with Crippen molar-refractivity contribution in [2.24, 2.45) is 5.73 Å². The maximum absolute atomic E-state index is 14.1. The van der Waals surface area contributed by atoms with Crippen LogP contribution in [0.5, 0.6) is 5.75 Å². The summed E-state index contributed by atoms with van der Waals surface area (Å²) in [4.78, 5) is 4.41. The number of nitrogens with two attached hydrogens (primary N) is 1. The SMILES string of the molecule is COc1c(C)cnc(CC(N)c2cccc(Br)c2F)c1C. The number of aromatic nitrogens is 1. The molecule has 5 heteroatoms. The summed E-state index contributed by atoms with van der Waals surface area (Å²) in [6.07, 6.45) is 2.21. The van der Waals surface area contributed by atoms with Crippen molar-refractivity contribution in [3.8, 4) is 5.75 Å². The molecule has 0 radical (unpaired) electrons. The molecule has 0 fully saturated rings. The molecule has 0 saturated heterocycles. The molecule has 0 aliphatic rings. The van der Waals surface area contributed by atoms with Crippen LogP contribution in [0.3, 0.4) is 0 Å². The number of halogens is 2. The van der Waals surface area contributed by atoms with Crippen molar-refractivity contribution in [3.05, 3.63) is 57.1 Å². The smallest absolute Gasteiger partial charge is 0.142 e. The maximum Gasteiger partial charge on any atom is 0.142 e. The van der Waals surface area contributed by atoms with Crippen LogP contribution >= 0.6 is 15.9 Å². The Kier molecular flexibility index (Phi) is 4.96. The van der Waals surface area contributed by atoms with Gasteiger partial charge in [-0.2, -0.15) is 0 Å². The highest BCUT2D eigenvalue weighted by molar-refractivity contribution is 9.10. The summed E-state index contributed by atoms with van der Waals surface area (Å²) in [6, 6.07) is 4.68. The zero-order valence-electron chi connectivity index (χ0n) is 12.3. The van der Waals surface area contributed by atoms with Gasteiger partial charge in [-0.25, -0.2) is 4.39 Å². The van der Waals surface area contributed by atoms with Gasteiger partial charge in [0.1, 0.15) is 11.6 Å². The number of pyridine rings is 1. The molecular formula is C16H18BrFN2O. The fourth-order valence-electron chi connectivity index (χ4n) is 2.40. The highest BCUT2D eigenvalue weighted by atomic mass is 79.9. The molecule has 0 spiro atoms. The van der Waals surface area contributed by atoms with Gasteiger partial charge in [-0.05, 0) is 35.8 Å². The molecule has 0 aliphatic heterocycles. The van der Waals surface area contributed by atoms with E-state index in [9.17, 15) is 4.39 Å². The molecule has 0 aliphatic carbocycles. The van der Waals surface area contributed by atoms with Crippen LogP contribution < -0.4 is 10.5 Å². The lowest BCUT2D eigenvalue weighted by Gasteiger charge is -2.17. The summed E-state index contributed by atoms with van der Waals surface area (Å²) >= 11 is 3.18. The van der Waals surface area contributed by atoms with Gasteiger partial charge in [0.15, 0.2) is 0 Å². The molecule has 1 aromatic heterocycles. The third-order valence-electron chi connectivity index (χ3n) is 3.54. The number of benzene rings is 1. The lowest BCUT2D eigenvalue weighted by molar-refractivity contribution is 0.406. The van der Waals surface area contributed by atoms with E-state index in [0.717, 1.165) is 22.6 Å². The van der Waals surface area contributed by atoms with Crippen molar-refractivity contribution < 1.29 is 9.13 Å². The number of hydrogen-bond acceptors (Lipinski definition) is 3. The Hall–Kier alpha value is -1.46. The second-order valence-corrected chi connectivity index (χ2v) is 5.85. The largest absolute Gasteiger partial charge is 0.496 e. The quantitative estimate of drug-likeness (QED) is 0.908. The molecule has 0 amide bonds. The lowest BCUT2D eigenvalue weighted by atomic mass is 9.99. The van der Waals surface area contributed by atoms with Crippen LogP contribution in [0.15, 0.2) is 28.9 Å². The van der Waals surface area contributed by atoms with Crippen LogP contribution in [0.4, 0.5) is 4.39 Å². The molecule has 21 heavy (non-hydrogen) atoms. The molecule has 2 rings (SSSR count). The zero-order chi connectivity index (χ0) is 15.6. The van der Waals surface area contributed by atoms with Gasteiger partial charge in [0, 0.05) is 41.0 Å². The van der Waals surface area contributed by atoms with E-state index in [1.54, 1.807) is 31.5 Å². The van der Waals surface area contributed by atoms with E-state index in [0.29, 0.717) is 16.5 Å². The minimum absolute atomic E-state index is 0.318. The summed E-state index contributed by atoms with van der Waals surface area (Å²) in [5.41, 5.74) is 9.37. The summed E-state index contributed by atoms with van der Waals surface area (Å²) in [5.74, 6) is 0.489. The van der Waals surface area contributed by atoms with Gasteiger partial charge in [0.2, 0.25) is 0 Å². The van der Waals surface area contributed by atoms with Gasteiger partial charge in [-0.3, -0.25) is 4.98 Å². The van der Waals surface area contributed by atoms with Gasteiger partial charge >= 0.3 is 0 Å². The highest BCUT2D eigenvalue weighted by Crippen LogP contribution is 2.28. The first kappa shape index (κ1) is 15.9. The van der Waals surface area contributed by atoms with Gasteiger partial charge in [-0.1, -0.05) is 12.1 Å². The molecule has 112 valence electrons. The third kappa shape index (κ3) is 3.24. The molecule has 1 aromatic carbocycles. The van der Waals surface area contributed by atoms with E-state index in [-0.39, 0.29) is 5.82 Å². The van der Waals surface area contributed by atoms with E-state index in [4.69, 9.17) is 10.5 Å². The molecule has 0 saturated carbocycles. The molecular weight excluding hydrogens is 335 g/mol. The Balaban J connectivity index is 2.32. The van der Waals surface area contributed by atoms with Crippen LogP contribution in [-0.2, 0) is 6.42 Å². The molecule has 0 bridgehead atoms. The molecule has 2 aromatic rings. The van der Waals surface area contributed by atoms with Crippen LogP contribution in [0.25, 0.3) is 0 Å². The minimum atomic E-state index is -0.457. The lowest BCUT2D eigenvalue weighted by Crippen LogP contribution is -2.17. The van der Waals surface area contributed by atoms with Crippen molar-refractivity contribution in [1.82, 2.24) is 4.98 Å². The Morgan fingerprint density at radius 2 is 2.10 bits per heavy atom. The number of hydrogen-bond donors (Lipinski definition) is 1. The van der Waals surface area contributed by atoms with Crippen molar-refractivity contribution in [3.63, 3.8) is 0 Å². The third-order valence-corrected chi connectivity index (χ3v) is 4.16. The van der Waals surface area contributed by atoms with Gasteiger partial charge in [0.05, 0.1) is 11.6 Å². The van der Waals surface area contributed by atoms with Crippen molar-refractivity contribution in [2.45, 2.75) is 26.3 Å². The zero-order valence-corrected chi connectivity index (χ0v) is 13.9. The number of methoxy groups -OCH3 is 1. The second-order valence-electron chi connectivity index (χ2n) is 5.00. The first-order chi connectivity index (χ1) is 9.95. The topological polar surface area (TPSA) is 48.1 Å². The van der Waals surface area contributed by atoms with E-state index < -0.39 is 6.04 Å². The van der Waals surface area contributed by atoms with Gasteiger partial charge < -0.3 is 10.5 Å². The van der Waals surface area contributed by atoms with Gasteiger partial charge in [0.25, 0.3) is 0 Å². The van der Waals surface area contributed by atoms with E-state index in [2.05, 4.69) is 20.9 Å². The Morgan fingerprint density at radius 1 is 1.38 bits per heavy atom. The summed E-state index contributed by atoms with van der Waals surface area (Å²) in [6.45, 7) is 3.88. The minimum Gasteiger partial charge on any atom is -0.496 e. The van der Waals surface area contributed by atoms with Crippen molar-refractivity contribution in [2.75, 3.05) is 7.11 Å². The fraction of sp³-hybridized carbons (Fsp3) is 0.312. The first-order valence-corrected chi connectivity index (χ1v) is 7.43. The van der Waals surface area contributed by atoms with Crippen molar-refractivity contribution >= 4 is 15.9 Å². The average Bonchev–Trinajstić information content (AvgIpc) is 2.45. The Bertz CT molecular complexity index is 661. The fourth-order valence-corrected chi connectivity index (χ4v) is 2.78. The van der Waals surface area contributed by atoms with Gasteiger partial charge in [-0.15, -0.1) is 0 Å². The monoisotopic (exact) mass is 352 g/mol. The number of ether oxygens (including phenoxy) is 1. The van der Waals surface area contributed by atoms with E-state index >= 15 is 0 Å². The summed E-state index contributed by atoms with van der Waals surface area (Å²) in [7, 11) is 1.63. The van der Waals surface area contributed by atoms with Crippen molar-refractivity contribution in [1.29, 1.82) is 0 Å². The number of rotatable bonds is 4. The van der Waals surface area contributed by atoms with Crippen LogP contribution in [0, 0.1) is 19.7 Å². The Labute approximate surface area is 132 Å². The molecule has 3 nitrogen and oxygen atoms in total.